The lowest BCUT2D eigenvalue weighted by atomic mass is 10.1. The van der Waals surface area contributed by atoms with E-state index >= 15 is 0 Å². The molecule has 0 spiro atoms. The van der Waals surface area contributed by atoms with E-state index in [2.05, 4.69) is 14.9 Å². The minimum Gasteiger partial charge on any atom is -0.497 e. The second-order valence-electron chi connectivity index (χ2n) is 4.44. The van der Waals surface area contributed by atoms with Crippen molar-refractivity contribution in [2.45, 2.75) is 17.9 Å². The van der Waals surface area contributed by atoms with Gasteiger partial charge in [0.1, 0.15) is 5.75 Å². The van der Waals surface area contributed by atoms with Crippen LogP contribution in [-0.4, -0.2) is 32.3 Å². The molecular formula is C13H18N4O3S. The van der Waals surface area contributed by atoms with Gasteiger partial charge in [-0.2, -0.15) is 5.10 Å². The highest BCUT2D eigenvalue weighted by atomic mass is 32.2. The molecule has 0 aliphatic heterocycles. The summed E-state index contributed by atoms with van der Waals surface area (Å²) in [5, 5.41) is 6.41. The number of nitrogens with zero attached hydrogens (tertiary/aromatic N) is 1. The van der Waals surface area contributed by atoms with Gasteiger partial charge in [0.05, 0.1) is 18.2 Å². The molecule has 1 heterocycles. The van der Waals surface area contributed by atoms with Crippen molar-refractivity contribution >= 4 is 10.0 Å². The quantitative estimate of drug-likeness (QED) is 0.685. The number of hydrogen-bond acceptors (Lipinski definition) is 5. The minimum absolute atomic E-state index is 0.174. The molecule has 21 heavy (non-hydrogen) atoms. The first kappa shape index (κ1) is 15.5. The van der Waals surface area contributed by atoms with Crippen molar-refractivity contribution in [2.24, 2.45) is 5.73 Å². The van der Waals surface area contributed by atoms with Crippen LogP contribution in [0, 0.1) is 0 Å². The molecule has 2 rings (SSSR count). The van der Waals surface area contributed by atoms with Gasteiger partial charge in [-0.1, -0.05) is 0 Å². The number of hydrogen-bond donors (Lipinski definition) is 3. The average Bonchev–Trinajstić information content (AvgIpc) is 2.99. The predicted octanol–water partition coefficient (Wildman–Crippen LogP) is 0.398. The van der Waals surface area contributed by atoms with Crippen LogP contribution in [0.15, 0.2) is 35.5 Å². The van der Waals surface area contributed by atoms with Gasteiger partial charge in [-0.15, -0.1) is 0 Å². The molecule has 1 aromatic carbocycles. The minimum atomic E-state index is -3.62. The number of benzene rings is 1. The fraction of sp³-hybridized carbons (Fsp3) is 0.308. The lowest BCUT2D eigenvalue weighted by Gasteiger charge is -2.12. The molecule has 7 nitrogen and oxygen atoms in total. The first-order valence-electron chi connectivity index (χ1n) is 6.41. The van der Waals surface area contributed by atoms with Gasteiger partial charge in [0.2, 0.25) is 10.0 Å². The molecule has 0 saturated carbocycles. The van der Waals surface area contributed by atoms with Crippen molar-refractivity contribution < 1.29 is 13.2 Å². The standard InChI is InChI=1S/C13H18N4O3S/c1-20-12-2-3-13(11(6-12)4-5-14)21(18,19)17-9-10-7-15-16-8-10/h2-3,6-8,17H,4-5,9,14H2,1H3,(H,15,16). The van der Waals surface area contributed by atoms with Crippen molar-refractivity contribution in [2.75, 3.05) is 13.7 Å². The third kappa shape index (κ3) is 3.81. The average molecular weight is 310 g/mol. The van der Waals surface area contributed by atoms with Gasteiger partial charge in [-0.3, -0.25) is 5.10 Å². The molecule has 0 bridgehead atoms. The third-order valence-electron chi connectivity index (χ3n) is 2.99. The van der Waals surface area contributed by atoms with E-state index < -0.39 is 10.0 Å². The van der Waals surface area contributed by atoms with Crippen molar-refractivity contribution in [1.82, 2.24) is 14.9 Å². The van der Waals surface area contributed by atoms with E-state index in [1.54, 1.807) is 24.5 Å². The molecule has 0 amide bonds. The lowest BCUT2D eigenvalue weighted by Crippen LogP contribution is -2.24. The molecular weight excluding hydrogens is 292 g/mol. The van der Waals surface area contributed by atoms with E-state index in [0.717, 1.165) is 5.56 Å². The third-order valence-corrected chi connectivity index (χ3v) is 4.49. The molecule has 1 aromatic heterocycles. The lowest BCUT2D eigenvalue weighted by molar-refractivity contribution is 0.413. The maximum atomic E-state index is 12.4. The molecule has 0 atom stereocenters. The molecule has 0 aliphatic carbocycles. The van der Waals surface area contributed by atoms with Gasteiger partial charge in [0, 0.05) is 18.3 Å². The number of methoxy groups -OCH3 is 1. The Kier molecular flexibility index (Phi) is 4.94. The molecule has 2 aromatic rings. The summed E-state index contributed by atoms with van der Waals surface area (Å²) in [5.74, 6) is 0.604. The normalized spacial score (nSPS) is 11.5. The number of nitrogens with one attached hydrogen (secondary N) is 2. The highest BCUT2D eigenvalue weighted by Crippen LogP contribution is 2.22. The van der Waals surface area contributed by atoms with Crippen LogP contribution in [0.5, 0.6) is 5.75 Å². The monoisotopic (exact) mass is 310 g/mol. The molecule has 114 valence electrons. The Balaban J connectivity index is 2.25. The predicted molar refractivity (Wildman–Crippen MR) is 78.4 cm³/mol. The van der Waals surface area contributed by atoms with E-state index in [4.69, 9.17) is 10.5 Å². The number of H-pyrrole nitrogens is 1. The van der Waals surface area contributed by atoms with Crippen LogP contribution < -0.4 is 15.2 Å². The fourth-order valence-electron chi connectivity index (χ4n) is 1.93. The first-order valence-corrected chi connectivity index (χ1v) is 7.89. The highest BCUT2D eigenvalue weighted by Gasteiger charge is 2.18. The van der Waals surface area contributed by atoms with Gasteiger partial charge in [-0.05, 0) is 36.7 Å². The van der Waals surface area contributed by atoms with Crippen LogP contribution in [0.1, 0.15) is 11.1 Å². The molecule has 0 unspecified atom stereocenters. The van der Waals surface area contributed by atoms with E-state index in [1.807, 2.05) is 0 Å². The van der Waals surface area contributed by atoms with E-state index in [0.29, 0.717) is 24.3 Å². The number of ether oxygens (including phenoxy) is 1. The van der Waals surface area contributed by atoms with Gasteiger partial charge < -0.3 is 10.5 Å². The zero-order valence-electron chi connectivity index (χ0n) is 11.7. The van der Waals surface area contributed by atoms with E-state index in [1.165, 1.54) is 13.2 Å². The molecule has 0 aliphatic rings. The Morgan fingerprint density at radius 3 is 2.86 bits per heavy atom. The summed E-state index contributed by atoms with van der Waals surface area (Å²) in [7, 11) is -2.08. The largest absolute Gasteiger partial charge is 0.497 e. The van der Waals surface area contributed by atoms with Gasteiger partial charge in [0.25, 0.3) is 0 Å². The molecule has 8 heteroatoms. The Morgan fingerprint density at radius 2 is 2.24 bits per heavy atom. The number of sulfonamides is 1. The molecule has 0 saturated heterocycles. The Hall–Kier alpha value is -1.90. The highest BCUT2D eigenvalue weighted by molar-refractivity contribution is 7.89. The van der Waals surface area contributed by atoms with Gasteiger partial charge >= 0.3 is 0 Å². The van der Waals surface area contributed by atoms with Crippen LogP contribution in [-0.2, 0) is 23.0 Å². The summed E-state index contributed by atoms with van der Waals surface area (Å²) >= 11 is 0. The second-order valence-corrected chi connectivity index (χ2v) is 6.18. The maximum Gasteiger partial charge on any atom is 0.241 e. The zero-order chi connectivity index (χ0) is 15.3. The number of nitrogens with two attached hydrogens (primary N) is 1. The molecule has 4 N–H and O–H groups in total. The number of aromatic nitrogens is 2. The summed E-state index contributed by atoms with van der Waals surface area (Å²) in [6.07, 6.45) is 3.66. The number of rotatable bonds is 7. The summed E-state index contributed by atoms with van der Waals surface area (Å²) in [6, 6.07) is 4.84. The summed E-state index contributed by atoms with van der Waals surface area (Å²) < 4.78 is 32.5. The zero-order valence-corrected chi connectivity index (χ0v) is 12.5. The van der Waals surface area contributed by atoms with Crippen LogP contribution >= 0.6 is 0 Å². The molecule has 0 radical (unpaired) electrons. The Bertz CT molecular complexity index is 683. The smallest absolute Gasteiger partial charge is 0.241 e. The Labute approximate surface area is 123 Å². The summed E-state index contributed by atoms with van der Waals surface area (Å²) in [6.45, 7) is 0.532. The van der Waals surface area contributed by atoms with Crippen LogP contribution in [0.2, 0.25) is 0 Å². The van der Waals surface area contributed by atoms with Gasteiger partial charge in [-0.25, -0.2) is 13.1 Å². The van der Waals surface area contributed by atoms with Crippen molar-refractivity contribution in [1.29, 1.82) is 0 Å². The Morgan fingerprint density at radius 1 is 1.43 bits per heavy atom. The van der Waals surface area contributed by atoms with Crippen molar-refractivity contribution in [3.63, 3.8) is 0 Å². The van der Waals surface area contributed by atoms with Gasteiger partial charge in [0.15, 0.2) is 0 Å². The summed E-state index contributed by atoms with van der Waals surface area (Å²) in [4.78, 5) is 0.220. The number of aromatic amines is 1. The van der Waals surface area contributed by atoms with Crippen LogP contribution in [0.4, 0.5) is 0 Å². The van der Waals surface area contributed by atoms with Crippen LogP contribution in [0.25, 0.3) is 0 Å². The van der Waals surface area contributed by atoms with Crippen molar-refractivity contribution in [3.8, 4) is 5.75 Å². The molecule has 0 fully saturated rings. The second kappa shape index (κ2) is 6.70. The van der Waals surface area contributed by atoms with Crippen LogP contribution in [0.3, 0.4) is 0 Å². The topological polar surface area (TPSA) is 110 Å². The van der Waals surface area contributed by atoms with Crippen molar-refractivity contribution in [3.05, 3.63) is 41.7 Å². The SMILES string of the molecule is COc1ccc(S(=O)(=O)NCc2cn[nH]c2)c(CCN)c1. The fourth-order valence-corrected chi connectivity index (χ4v) is 3.19. The maximum absolute atomic E-state index is 12.4. The van der Waals surface area contributed by atoms with E-state index in [9.17, 15) is 8.42 Å². The summed E-state index contributed by atoms with van der Waals surface area (Å²) in [5.41, 5.74) is 6.94. The van der Waals surface area contributed by atoms with E-state index in [-0.39, 0.29) is 11.4 Å². The first-order chi connectivity index (χ1) is 10.1.